The lowest BCUT2D eigenvalue weighted by Gasteiger charge is -2.15. The van der Waals surface area contributed by atoms with Crippen LogP contribution in [-0.4, -0.2) is 11.6 Å². The summed E-state index contributed by atoms with van der Waals surface area (Å²) in [5.74, 6) is -6.11. The number of hydrogen-bond acceptors (Lipinski definition) is 3. The maximum Gasteiger partial charge on any atom is 0.573 e. The molecule has 0 unspecified atom stereocenters. The van der Waals surface area contributed by atoms with Gasteiger partial charge in [0.25, 0.3) is 5.24 Å². The standard InChI is InChI=1S/C15H5ClF8O3/c16-13(25)11-10(4-2-7(12(11)18)14(19,20)21)26-6-1-3-9(8(17)5-6)27-15(22,23)24/h1-5H. The van der Waals surface area contributed by atoms with Crippen molar-refractivity contribution in [3.05, 3.63) is 53.1 Å². The molecule has 27 heavy (non-hydrogen) atoms. The Morgan fingerprint density at radius 3 is 2.00 bits per heavy atom. The number of alkyl halides is 6. The molecule has 0 bridgehead atoms. The molecular weight excluding hydrogens is 416 g/mol. The van der Waals surface area contributed by atoms with E-state index in [9.17, 15) is 39.9 Å². The van der Waals surface area contributed by atoms with Crippen LogP contribution in [0.1, 0.15) is 15.9 Å². The summed E-state index contributed by atoms with van der Waals surface area (Å²) in [6, 6.07) is 2.47. The van der Waals surface area contributed by atoms with Crippen LogP contribution in [0.3, 0.4) is 0 Å². The van der Waals surface area contributed by atoms with E-state index < -0.39 is 57.8 Å². The first-order valence-electron chi connectivity index (χ1n) is 6.62. The summed E-state index contributed by atoms with van der Waals surface area (Å²) in [7, 11) is 0. The van der Waals surface area contributed by atoms with Crippen molar-refractivity contribution in [3.8, 4) is 17.2 Å². The van der Waals surface area contributed by atoms with Gasteiger partial charge in [0, 0.05) is 6.07 Å². The molecule has 0 fully saturated rings. The first-order valence-corrected chi connectivity index (χ1v) is 7.00. The highest BCUT2D eigenvalue weighted by Crippen LogP contribution is 2.38. The zero-order valence-corrected chi connectivity index (χ0v) is 13.3. The van der Waals surface area contributed by atoms with Gasteiger partial charge in [0.05, 0.1) is 5.56 Å². The van der Waals surface area contributed by atoms with E-state index in [0.29, 0.717) is 18.2 Å². The van der Waals surface area contributed by atoms with E-state index in [0.717, 1.165) is 6.07 Å². The monoisotopic (exact) mass is 420 g/mol. The van der Waals surface area contributed by atoms with E-state index in [4.69, 9.17) is 16.3 Å². The van der Waals surface area contributed by atoms with Crippen LogP contribution >= 0.6 is 11.6 Å². The highest BCUT2D eigenvalue weighted by atomic mass is 35.5. The third-order valence-electron chi connectivity index (χ3n) is 2.96. The zero-order valence-electron chi connectivity index (χ0n) is 12.5. The van der Waals surface area contributed by atoms with Crippen LogP contribution in [0.25, 0.3) is 0 Å². The molecule has 2 aromatic carbocycles. The first-order chi connectivity index (χ1) is 12.3. The molecule has 0 radical (unpaired) electrons. The van der Waals surface area contributed by atoms with Gasteiger partial charge in [-0.1, -0.05) is 0 Å². The van der Waals surface area contributed by atoms with Crippen LogP contribution in [0.2, 0.25) is 0 Å². The van der Waals surface area contributed by atoms with Crippen LogP contribution in [0, 0.1) is 11.6 Å². The fraction of sp³-hybridized carbons (Fsp3) is 0.133. The maximum absolute atomic E-state index is 14.0. The van der Waals surface area contributed by atoms with Gasteiger partial charge >= 0.3 is 12.5 Å². The van der Waals surface area contributed by atoms with Crippen molar-refractivity contribution >= 4 is 16.8 Å². The van der Waals surface area contributed by atoms with Gasteiger partial charge in [-0.05, 0) is 35.9 Å². The molecule has 12 heteroatoms. The van der Waals surface area contributed by atoms with Crippen molar-refractivity contribution in [1.82, 2.24) is 0 Å². The quantitative estimate of drug-likeness (QED) is 0.446. The van der Waals surface area contributed by atoms with Crippen LogP contribution in [0.15, 0.2) is 30.3 Å². The second kappa shape index (κ2) is 7.22. The Hall–Kier alpha value is -2.56. The molecule has 0 spiro atoms. The summed E-state index contributed by atoms with van der Waals surface area (Å²) in [4.78, 5) is 11.3. The SMILES string of the molecule is O=C(Cl)c1c(Oc2ccc(OC(F)(F)F)c(F)c2)ccc(C(F)(F)F)c1F. The molecule has 2 rings (SSSR count). The first kappa shape index (κ1) is 20.7. The molecule has 146 valence electrons. The van der Waals surface area contributed by atoms with Crippen molar-refractivity contribution in [3.63, 3.8) is 0 Å². The van der Waals surface area contributed by atoms with E-state index in [1.807, 2.05) is 0 Å². The van der Waals surface area contributed by atoms with Gasteiger partial charge in [0.1, 0.15) is 17.1 Å². The molecule has 0 saturated carbocycles. The lowest BCUT2D eigenvalue weighted by Crippen LogP contribution is -2.17. The van der Waals surface area contributed by atoms with Crippen LogP contribution in [0.4, 0.5) is 35.1 Å². The van der Waals surface area contributed by atoms with E-state index in [2.05, 4.69) is 4.74 Å². The fourth-order valence-corrected chi connectivity index (χ4v) is 2.10. The lowest BCUT2D eigenvalue weighted by atomic mass is 10.1. The highest BCUT2D eigenvalue weighted by molar-refractivity contribution is 6.68. The molecule has 0 N–H and O–H groups in total. The molecule has 0 aromatic heterocycles. The van der Waals surface area contributed by atoms with Gasteiger partial charge in [0.15, 0.2) is 17.4 Å². The van der Waals surface area contributed by atoms with Crippen molar-refractivity contribution in [2.75, 3.05) is 0 Å². The molecule has 0 heterocycles. The van der Waals surface area contributed by atoms with Gasteiger partial charge in [-0.2, -0.15) is 13.2 Å². The predicted molar refractivity (Wildman–Crippen MR) is 74.7 cm³/mol. The number of benzene rings is 2. The van der Waals surface area contributed by atoms with Crippen LogP contribution in [0.5, 0.6) is 17.2 Å². The molecule has 0 amide bonds. The van der Waals surface area contributed by atoms with E-state index in [-0.39, 0.29) is 6.07 Å². The second-order valence-electron chi connectivity index (χ2n) is 4.81. The van der Waals surface area contributed by atoms with Gasteiger partial charge in [-0.25, -0.2) is 8.78 Å². The van der Waals surface area contributed by atoms with E-state index in [1.54, 1.807) is 0 Å². The number of rotatable bonds is 4. The van der Waals surface area contributed by atoms with Crippen molar-refractivity contribution < 1.29 is 49.4 Å². The van der Waals surface area contributed by atoms with E-state index >= 15 is 0 Å². The van der Waals surface area contributed by atoms with Gasteiger partial charge < -0.3 is 9.47 Å². The molecule has 0 atom stereocenters. The minimum Gasteiger partial charge on any atom is -0.456 e. The van der Waals surface area contributed by atoms with Crippen LogP contribution < -0.4 is 9.47 Å². The van der Waals surface area contributed by atoms with Gasteiger partial charge in [-0.3, -0.25) is 4.79 Å². The van der Waals surface area contributed by atoms with E-state index in [1.165, 1.54) is 0 Å². The molecule has 3 nitrogen and oxygen atoms in total. The summed E-state index contributed by atoms with van der Waals surface area (Å²) in [5, 5.41) is -1.63. The number of carbonyl (C=O) groups excluding carboxylic acids is 1. The molecule has 0 aliphatic carbocycles. The topological polar surface area (TPSA) is 35.5 Å². The fourth-order valence-electron chi connectivity index (χ4n) is 1.92. The predicted octanol–water partition coefficient (Wildman–Crippen LogP) is 6.05. The summed E-state index contributed by atoms with van der Waals surface area (Å²) < 4.78 is 110. The molecule has 0 aliphatic heterocycles. The summed E-state index contributed by atoms with van der Waals surface area (Å²) in [6.07, 6.45) is -10.3. The van der Waals surface area contributed by atoms with Crippen molar-refractivity contribution in [2.45, 2.75) is 12.5 Å². The number of ether oxygens (including phenoxy) is 2. The van der Waals surface area contributed by atoms with Gasteiger partial charge in [-0.15, -0.1) is 13.2 Å². The Labute approximate surface area is 150 Å². The smallest absolute Gasteiger partial charge is 0.456 e. The lowest BCUT2D eigenvalue weighted by molar-refractivity contribution is -0.275. The largest absolute Gasteiger partial charge is 0.573 e. The number of carbonyl (C=O) groups is 1. The Morgan fingerprint density at radius 1 is 0.926 bits per heavy atom. The third-order valence-corrected chi connectivity index (χ3v) is 3.15. The minimum absolute atomic E-state index is 0.255. The Balaban J connectivity index is 2.42. The molecule has 2 aromatic rings. The maximum atomic E-state index is 14.0. The van der Waals surface area contributed by atoms with Crippen LogP contribution in [-0.2, 0) is 6.18 Å². The molecular formula is C15H5ClF8O3. The summed E-state index contributed by atoms with van der Waals surface area (Å²) in [5.41, 5.74) is -3.07. The summed E-state index contributed by atoms with van der Waals surface area (Å²) in [6.45, 7) is 0. The number of halogens is 9. The van der Waals surface area contributed by atoms with Gasteiger partial charge in [0.2, 0.25) is 0 Å². The van der Waals surface area contributed by atoms with Crippen molar-refractivity contribution in [1.29, 1.82) is 0 Å². The Morgan fingerprint density at radius 2 is 1.52 bits per heavy atom. The zero-order chi connectivity index (χ0) is 20.6. The Bertz CT molecular complexity index is 877. The second-order valence-corrected chi connectivity index (χ2v) is 5.16. The Kier molecular flexibility index (Phi) is 5.55. The molecule has 0 saturated heterocycles. The minimum atomic E-state index is -5.17. The average Bonchev–Trinajstić information content (AvgIpc) is 2.47. The van der Waals surface area contributed by atoms with Crippen molar-refractivity contribution in [2.24, 2.45) is 0 Å². The average molecular weight is 421 g/mol. The highest BCUT2D eigenvalue weighted by Gasteiger charge is 2.37. The normalized spacial score (nSPS) is 12.0. The number of hydrogen-bond donors (Lipinski definition) is 0. The third kappa shape index (κ3) is 5.00. The molecule has 0 aliphatic rings. The summed E-state index contributed by atoms with van der Waals surface area (Å²) >= 11 is 5.09.